The maximum Gasteiger partial charge on any atom is 0.150 e. The molecule has 0 aliphatic heterocycles. The van der Waals surface area contributed by atoms with Crippen molar-refractivity contribution in [2.75, 3.05) is 0 Å². The van der Waals surface area contributed by atoms with E-state index in [0.717, 1.165) is 12.8 Å². The van der Waals surface area contributed by atoms with Crippen molar-refractivity contribution >= 4 is 5.78 Å². The molecule has 1 aromatic carbocycles. The molecule has 0 fully saturated rings. The third-order valence-electron chi connectivity index (χ3n) is 4.04. The second-order valence-electron chi connectivity index (χ2n) is 5.18. The normalized spacial score (nSPS) is 21.2. The van der Waals surface area contributed by atoms with Gasteiger partial charge in [0.05, 0.1) is 6.04 Å². The first-order chi connectivity index (χ1) is 8.13. The number of carbonyl (C=O) groups is 1. The predicted octanol–water partition coefficient (Wildman–Crippen LogP) is 2.66. The Hall–Kier alpha value is -1.15. The van der Waals surface area contributed by atoms with Gasteiger partial charge in [0, 0.05) is 6.42 Å². The maximum absolute atomic E-state index is 12.0. The number of ketones is 1. The number of nitrogens with two attached hydrogens (primary N) is 1. The van der Waals surface area contributed by atoms with E-state index >= 15 is 0 Å². The number of hydrogen-bond acceptors (Lipinski definition) is 2. The Kier molecular flexibility index (Phi) is 3.63. The first-order valence-electron chi connectivity index (χ1n) is 6.49. The highest BCUT2D eigenvalue weighted by Crippen LogP contribution is 2.37. The molecule has 17 heavy (non-hydrogen) atoms. The zero-order valence-electron chi connectivity index (χ0n) is 10.6. The largest absolute Gasteiger partial charge is 0.321 e. The van der Waals surface area contributed by atoms with Gasteiger partial charge in [-0.1, -0.05) is 44.5 Å². The summed E-state index contributed by atoms with van der Waals surface area (Å²) in [5.41, 5.74) is 8.70. The van der Waals surface area contributed by atoms with Gasteiger partial charge in [-0.25, -0.2) is 0 Å². The standard InChI is InChI=1S/C15H21NO/c1-3-10(2)15(16)14(17)9-12-8-11-6-4-5-7-13(11)12/h4-7,10,12,15H,3,8-9,16H2,1-2H3. The lowest BCUT2D eigenvalue weighted by atomic mass is 9.74. The molecule has 0 bridgehead atoms. The molecule has 1 aromatic rings. The summed E-state index contributed by atoms with van der Waals surface area (Å²) in [6, 6.07) is 8.09. The average Bonchev–Trinajstić information content (AvgIpc) is 2.33. The summed E-state index contributed by atoms with van der Waals surface area (Å²) in [6.45, 7) is 4.13. The lowest BCUT2D eigenvalue weighted by molar-refractivity contribution is -0.121. The van der Waals surface area contributed by atoms with E-state index in [-0.39, 0.29) is 17.7 Å². The van der Waals surface area contributed by atoms with Gasteiger partial charge in [0.2, 0.25) is 0 Å². The molecule has 2 N–H and O–H groups in total. The van der Waals surface area contributed by atoms with Crippen LogP contribution in [0.3, 0.4) is 0 Å². The van der Waals surface area contributed by atoms with Crippen LogP contribution < -0.4 is 5.73 Å². The van der Waals surface area contributed by atoms with Crippen molar-refractivity contribution in [1.82, 2.24) is 0 Å². The van der Waals surface area contributed by atoms with Crippen LogP contribution in [0.1, 0.15) is 43.7 Å². The van der Waals surface area contributed by atoms with Crippen molar-refractivity contribution < 1.29 is 4.79 Å². The van der Waals surface area contributed by atoms with E-state index in [9.17, 15) is 4.79 Å². The molecule has 3 atom stereocenters. The molecule has 0 saturated heterocycles. The molecule has 92 valence electrons. The number of carbonyl (C=O) groups excluding carboxylic acids is 1. The van der Waals surface area contributed by atoms with Gasteiger partial charge in [0.1, 0.15) is 5.78 Å². The quantitative estimate of drug-likeness (QED) is 0.846. The molecule has 0 radical (unpaired) electrons. The van der Waals surface area contributed by atoms with Crippen LogP contribution in [0.5, 0.6) is 0 Å². The van der Waals surface area contributed by atoms with Crippen LogP contribution in [0, 0.1) is 5.92 Å². The van der Waals surface area contributed by atoms with E-state index in [4.69, 9.17) is 5.73 Å². The SMILES string of the molecule is CCC(C)C(N)C(=O)CC1Cc2ccccc21. The van der Waals surface area contributed by atoms with E-state index in [0.29, 0.717) is 12.3 Å². The Labute approximate surface area is 103 Å². The Morgan fingerprint density at radius 3 is 2.82 bits per heavy atom. The summed E-state index contributed by atoms with van der Waals surface area (Å²) >= 11 is 0. The average molecular weight is 231 g/mol. The van der Waals surface area contributed by atoms with Gasteiger partial charge in [-0.3, -0.25) is 4.79 Å². The van der Waals surface area contributed by atoms with Gasteiger partial charge < -0.3 is 5.73 Å². The van der Waals surface area contributed by atoms with E-state index in [1.807, 2.05) is 6.07 Å². The van der Waals surface area contributed by atoms with E-state index in [1.54, 1.807) is 0 Å². The first-order valence-corrected chi connectivity index (χ1v) is 6.49. The Morgan fingerprint density at radius 1 is 1.47 bits per heavy atom. The van der Waals surface area contributed by atoms with E-state index < -0.39 is 0 Å². The number of fused-ring (bicyclic) bond motifs is 1. The molecule has 1 aliphatic carbocycles. The van der Waals surface area contributed by atoms with Gasteiger partial charge in [-0.05, 0) is 29.4 Å². The van der Waals surface area contributed by atoms with Crippen LogP contribution in [0.2, 0.25) is 0 Å². The van der Waals surface area contributed by atoms with Crippen LogP contribution in [-0.2, 0) is 11.2 Å². The van der Waals surface area contributed by atoms with E-state index in [1.165, 1.54) is 11.1 Å². The van der Waals surface area contributed by atoms with Crippen molar-refractivity contribution in [1.29, 1.82) is 0 Å². The monoisotopic (exact) mass is 231 g/mol. The molecule has 0 heterocycles. The minimum absolute atomic E-state index is 0.221. The molecule has 0 amide bonds. The van der Waals surface area contributed by atoms with E-state index in [2.05, 4.69) is 32.0 Å². The van der Waals surface area contributed by atoms with Crippen LogP contribution in [0.25, 0.3) is 0 Å². The number of hydrogen-bond donors (Lipinski definition) is 1. The molecule has 0 aromatic heterocycles. The van der Waals surface area contributed by atoms with Crippen molar-refractivity contribution in [3.63, 3.8) is 0 Å². The summed E-state index contributed by atoms with van der Waals surface area (Å²) < 4.78 is 0. The Bertz CT molecular complexity index is 413. The summed E-state index contributed by atoms with van der Waals surface area (Å²) in [6.07, 6.45) is 2.62. The van der Waals surface area contributed by atoms with Gasteiger partial charge >= 0.3 is 0 Å². The van der Waals surface area contributed by atoms with Gasteiger partial charge in [-0.15, -0.1) is 0 Å². The van der Waals surface area contributed by atoms with Crippen molar-refractivity contribution in [2.24, 2.45) is 11.7 Å². The smallest absolute Gasteiger partial charge is 0.150 e. The number of rotatable bonds is 5. The highest BCUT2D eigenvalue weighted by molar-refractivity contribution is 5.85. The molecular formula is C15H21NO. The highest BCUT2D eigenvalue weighted by atomic mass is 16.1. The topological polar surface area (TPSA) is 43.1 Å². The zero-order valence-corrected chi connectivity index (χ0v) is 10.6. The van der Waals surface area contributed by atoms with Gasteiger partial charge in [0.15, 0.2) is 0 Å². The summed E-state index contributed by atoms with van der Waals surface area (Å²) in [7, 11) is 0. The fraction of sp³-hybridized carbons (Fsp3) is 0.533. The molecule has 3 unspecified atom stereocenters. The van der Waals surface area contributed by atoms with Crippen LogP contribution in [-0.4, -0.2) is 11.8 Å². The van der Waals surface area contributed by atoms with Crippen LogP contribution >= 0.6 is 0 Å². The third-order valence-corrected chi connectivity index (χ3v) is 4.04. The Morgan fingerprint density at radius 2 is 2.18 bits per heavy atom. The predicted molar refractivity (Wildman–Crippen MR) is 69.9 cm³/mol. The van der Waals surface area contributed by atoms with Gasteiger partial charge in [0.25, 0.3) is 0 Å². The molecule has 1 aliphatic rings. The van der Waals surface area contributed by atoms with Crippen LogP contribution in [0.4, 0.5) is 0 Å². The van der Waals surface area contributed by atoms with Crippen molar-refractivity contribution in [3.05, 3.63) is 35.4 Å². The Balaban J connectivity index is 1.94. The lowest BCUT2D eigenvalue weighted by Crippen LogP contribution is -2.38. The second-order valence-corrected chi connectivity index (χ2v) is 5.18. The third kappa shape index (κ3) is 2.42. The summed E-state index contributed by atoms with van der Waals surface area (Å²) in [5.74, 6) is 0.922. The van der Waals surface area contributed by atoms with Crippen LogP contribution in [0.15, 0.2) is 24.3 Å². The summed E-state index contributed by atoms with van der Waals surface area (Å²) in [4.78, 5) is 12.0. The fourth-order valence-electron chi connectivity index (χ4n) is 2.50. The fourth-order valence-corrected chi connectivity index (χ4v) is 2.50. The minimum atomic E-state index is -0.284. The van der Waals surface area contributed by atoms with Gasteiger partial charge in [-0.2, -0.15) is 0 Å². The molecule has 0 saturated carbocycles. The second kappa shape index (κ2) is 5.01. The molecule has 2 rings (SSSR count). The van der Waals surface area contributed by atoms with Crippen molar-refractivity contribution in [3.8, 4) is 0 Å². The molecule has 2 heteroatoms. The molecule has 2 nitrogen and oxygen atoms in total. The zero-order chi connectivity index (χ0) is 12.4. The number of benzene rings is 1. The highest BCUT2D eigenvalue weighted by Gasteiger charge is 2.30. The summed E-state index contributed by atoms with van der Waals surface area (Å²) in [5, 5.41) is 0. The molecule has 0 spiro atoms. The minimum Gasteiger partial charge on any atom is -0.321 e. The van der Waals surface area contributed by atoms with Crippen molar-refractivity contribution in [2.45, 2.75) is 45.1 Å². The number of Topliss-reactive ketones (excluding diaryl/α,β-unsaturated/α-hetero) is 1. The molecular weight excluding hydrogens is 210 g/mol. The maximum atomic E-state index is 12.0. The first kappa shape index (κ1) is 12.3. The lowest BCUT2D eigenvalue weighted by Gasteiger charge is -2.30.